The molecule has 0 radical (unpaired) electrons. The molecular formula is C17H14BrNO2. The molecule has 0 aliphatic heterocycles. The molecule has 3 rings (SSSR count). The molecule has 106 valence electrons. The van der Waals surface area contributed by atoms with Crippen LogP contribution in [0.5, 0.6) is 11.5 Å². The van der Waals surface area contributed by atoms with Gasteiger partial charge in [0.25, 0.3) is 0 Å². The van der Waals surface area contributed by atoms with E-state index < -0.39 is 0 Å². The van der Waals surface area contributed by atoms with E-state index in [1.54, 1.807) is 14.2 Å². The topological polar surface area (TPSA) is 31.4 Å². The predicted molar refractivity (Wildman–Crippen MR) is 88.0 cm³/mol. The Kier molecular flexibility index (Phi) is 3.80. The molecule has 3 nitrogen and oxygen atoms in total. The lowest BCUT2D eigenvalue weighted by molar-refractivity contribution is 0.355. The molecule has 1 heterocycles. The molecule has 1 aromatic heterocycles. The number of methoxy groups -OCH3 is 2. The van der Waals surface area contributed by atoms with Crippen molar-refractivity contribution in [3.63, 3.8) is 0 Å². The third kappa shape index (κ3) is 2.59. The van der Waals surface area contributed by atoms with E-state index in [1.807, 2.05) is 48.5 Å². The summed E-state index contributed by atoms with van der Waals surface area (Å²) in [5.74, 6) is 1.40. The first-order chi connectivity index (χ1) is 10.2. The van der Waals surface area contributed by atoms with Crippen LogP contribution in [0.1, 0.15) is 0 Å². The fourth-order valence-corrected chi connectivity index (χ4v) is 2.83. The van der Waals surface area contributed by atoms with E-state index in [0.717, 1.165) is 26.6 Å². The van der Waals surface area contributed by atoms with Crippen molar-refractivity contribution in [2.45, 2.75) is 0 Å². The summed E-state index contributed by atoms with van der Waals surface area (Å²) in [5, 5.41) is 1.10. The van der Waals surface area contributed by atoms with E-state index in [4.69, 9.17) is 14.5 Å². The number of para-hydroxylation sites is 1. The van der Waals surface area contributed by atoms with Crippen LogP contribution in [0.4, 0.5) is 0 Å². The highest BCUT2D eigenvalue weighted by Gasteiger charge is 2.09. The van der Waals surface area contributed by atoms with Crippen molar-refractivity contribution < 1.29 is 9.47 Å². The van der Waals surface area contributed by atoms with Gasteiger partial charge in [0.1, 0.15) is 0 Å². The van der Waals surface area contributed by atoms with Gasteiger partial charge in [-0.25, -0.2) is 4.98 Å². The largest absolute Gasteiger partial charge is 0.493 e. The molecule has 2 aromatic carbocycles. The summed E-state index contributed by atoms with van der Waals surface area (Å²) in [7, 11) is 3.26. The minimum atomic E-state index is 0.695. The summed E-state index contributed by atoms with van der Waals surface area (Å²) >= 11 is 3.61. The molecule has 3 aromatic rings. The second-order valence-corrected chi connectivity index (χ2v) is 5.43. The maximum absolute atomic E-state index is 5.35. The molecule has 0 bridgehead atoms. The van der Waals surface area contributed by atoms with Crippen molar-refractivity contribution in [1.82, 2.24) is 4.98 Å². The molecule has 0 spiro atoms. The lowest BCUT2D eigenvalue weighted by Gasteiger charge is -2.10. The lowest BCUT2D eigenvalue weighted by atomic mass is 10.1. The van der Waals surface area contributed by atoms with Crippen molar-refractivity contribution >= 4 is 26.8 Å². The molecule has 0 saturated heterocycles. The minimum absolute atomic E-state index is 0.695. The molecule has 0 fully saturated rings. The van der Waals surface area contributed by atoms with Crippen LogP contribution in [-0.2, 0) is 0 Å². The average molecular weight is 344 g/mol. The van der Waals surface area contributed by atoms with Crippen LogP contribution in [0.3, 0.4) is 0 Å². The van der Waals surface area contributed by atoms with Crippen molar-refractivity contribution in [2.75, 3.05) is 14.2 Å². The Morgan fingerprint density at radius 1 is 0.905 bits per heavy atom. The number of ether oxygens (including phenoxy) is 2. The Hall–Kier alpha value is -2.07. The summed E-state index contributed by atoms with van der Waals surface area (Å²) in [6, 6.07) is 15.9. The summed E-state index contributed by atoms with van der Waals surface area (Å²) in [4.78, 5) is 4.71. The SMILES string of the molecule is COc1ccc(-c2cc(Br)c3ccccc3n2)cc1OC. The van der Waals surface area contributed by atoms with Gasteiger partial charge in [0.2, 0.25) is 0 Å². The lowest BCUT2D eigenvalue weighted by Crippen LogP contribution is -1.92. The zero-order chi connectivity index (χ0) is 14.8. The number of halogens is 1. The van der Waals surface area contributed by atoms with Gasteiger partial charge in [-0.1, -0.05) is 34.1 Å². The van der Waals surface area contributed by atoms with Crippen LogP contribution in [-0.4, -0.2) is 19.2 Å². The molecule has 21 heavy (non-hydrogen) atoms. The quantitative estimate of drug-likeness (QED) is 0.691. The van der Waals surface area contributed by atoms with Crippen LogP contribution in [0.15, 0.2) is 53.0 Å². The van der Waals surface area contributed by atoms with Gasteiger partial charge in [-0.2, -0.15) is 0 Å². The first-order valence-electron chi connectivity index (χ1n) is 6.50. The molecule has 0 N–H and O–H groups in total. The fraction of sp³-hybridized carbons (Fsp3) is 0.118. The summed E-state index contributed by atoms with van der Waals surface area (Å²) in [6.07, 6.45) is 0. The van der Waals surface area contributed by atoms with E-state index in [9.17, 15) is 0 Å². The highest BCUT2D eigenvalue weighted by molar-refractivity contribution is 9.10. The van der Waals surface area contributed by atoms with Crippen molar-refractivity contribution in [1.29, 1.82) is 0 Å². The second kappa shape index (κ2) is 5.74. The summed E-state index contributed by atoms with van der Waals surface area (Å²) in [5.41, 5.74) is 2.83. The van der Waals surface area contributed by atoms with E-state index >= 15 is 0 Å². The molecule has 0 aliphatic rings. The maximum atomic E-state index is 5.35. The van der Waals surface area contributed by atoms with Gasteiger partial charge in [-0.3, -0.25) is 0 Å². The molecular weight excluding hydrogens is 330 g/mol. The second-order valence-electron chi connectivity index (χ2n) is 4.58. The Morgan fingerprint density at radius 3 is 2.43 bits per heavy atom. The van der Waals surface area contributed by atoms with Gasteiger partial charge in [-0.15, -0.1) is 0 Å². The number of fused-ring (bicyclic) bond motifs is 1. The van der Waals surface area contributed by atoms with E-state index in [-0.39, 0.29) is 0 Å². The fourth-order valence-electron chi connectivity index (χ4n) is 2.28. The summed E-state index contributed by atoms with van der Waals surface area (Å²) in [6.45, 7) is 0. The molecule has 0 atom stereocenters. The van der Waals surface area contributed by atoms with Gasteiger partial charge >= 0.3 is 0 Å². The van der Waals surface area contributed by atoms with E-state index in [1.165, 1.54) is 0 Å². The van der Waals surface area contributed by atoms with Crippen molar-refractivity contribution in [3.8, 4) is 22.8 Å². The van der Waals surface area contributed by atoms with Crippen LogP contribution in [0, 0.1) is 0 Å². The normalized spacial score (nSPS) is 10.6. The van der Waals surface area contributed by atoms with Crippen LogP contribution < -0.4 is 9.47 Å². The number of aromatic nitrogens is 1. The standard InChI is InChI=1S/C17H14BrNO2/c1-20-16-8-7-11(9-17(16)21-2)15-10-13(18)12-5-3-4-6-14(12)19-15/h3-10H,1-2H3. The third-order valence-electron chi connectivity index (χ3n) is 3.35. The van der Waals surface area contributed by atoms with Crippen LogP contribution >= 0.6 is 15.9 Å². The van der Waals surface area contributed by atoms with Gasteiger partial charge in [0, 0.05) is 15.4 Å². The number of rotatable bonds is 3. The predicted octanol–water partition coefficient (Wildman–Crippen LogP) is 4.68. The smallest absolute Gasteiger partial charge is 0.161 e. The van der Waals surface area contributed by atoms with Crippen molar-refractivity contribution in [3.05, 3.63) is 53.0 Å². The van der Waals surface area contributed by atoms with Crippen LogP contribution in [0.2, 0.25) is 0 Å². The number of hydrogen-bond donors (Lipinski definition) is 0. The maximum Gasteiger partial charge on any atom is 0.161 e. The van der Waals surface area contributed by atoms with E-state index in [0.29, 0.717) is 11.5 Å². The zero-order valence-electron chi connectivity index (χ0n) is 11.8. The zero-order valence-corrected chi connectivity index (χ0v) is 13.3. The van der Waals surface area contributed by atoms with Gasteiger partial charge in [0.05, 0.1) is 25.4 Å². The molecule has 0 unspecified atom stereocenters. The van der Waals surface area contributed by atoms with Crippen LogP contribution in [0.25, 0.3) is 22.2 Å². The first kappa shape index (κ1) is 13.9. The molecule has 0 aliphatic carbocycles. The highest BCUT2D eigenvalue weighted by atomic mass is 79.9. The Balaban J connectivity index is 2.16. The molecule has 0 amide bonds. The summed E-state index contributed by atoms with van der Waals surface area (Å²) < 4.78 is 11.6. The Morgan fingerprint density at radius 2 is 1.67 bits per heavy atom. The third-order valence-corrected chi connectivity index (χ3v) is 4.00. The number of nitrogens with zero attached hydrogens (tertiary/aromatic N) is 1. The number of hydrogen-bond acceptors (Lipinski definition) is 3. The average Bonchev–Trinajstić information content (AvgIpc) is 2.54. The Labute approximate surface area is 131 Å². The Bertz CT molecular complexity index is 802. The van der Waals surface area contributed by atoms with E-state index in [2.05, 4.69) is 15.9 Å². The first-order valence-corrected chi connectivity index (χ1v) is 7.30. The molecule has 4 heteroatoms. The number of pyridine rings is 1. The van der Waals surface area contributed by atoms with Crippen molar-refractivity contribution in [2.24, 2.45) is 0 Å². The van der Waals surface area contributed by atoms with Gasteiger partial charge in [0.15, 0.2) is 11.5 Å². The monoisotopic (exact) mass is 343 g/mol. The highest BCUT2D eigenvalue weighted by Crippen LogP contribution is 2.34. The van der Waals surface area contributed by atoms with Gasteiger partial charge in [-0.05, 0) is 30.3 Å². The van der Waals surface area contributed by atoms with Gasteiger partial charge < -0.3 is 9.47 Å². The number of benzene rings is 2. The molecule has 0 saturated carbocycles. The minimum Gasteiger partial charge on any atom is -0.493 e.